The van der Waals surface area contributed by atoms with Gasteiger partial charge in [0.2, 0.25) is 0 Å². The lowest BCUT2D eigenvalue weighted by molar-refractivity contribution is -0.138. The zero-order chi connectivity index (χ0) is 13.4. The predicted octanol–water partition coefficient (Wildman–Crippen LogP) is 0.238. The minimum absolute atomic E-state index is 0.385. The average molecular weight is 248 g/mol. The molecule has 6 nitrogen and oxygen atoms in total. The second-order valence-corrected chi connectivity index (χ2v) is 3.62. The van der Waals surface area contributed by atoms with Crippen LogP contribution in [0.3, 0.4) is 0 Å². The summed E-state index contributed by atoms with van der Waals surface area (Å²) in [6.07, 6.45) is 3.68. The van der Waals surface area contributed by atoms with E-state index >= 15 is 0 Å². The van der Waals surface area contributed by atoms with Crippen LogP contribution in [-0.2, 0) is 11.2 Å². The molecule has 1 aromatic heterocycles. The third-order valence-corrected chi connectivity index (χ3v) is 2.14. The first-order chi connectivity index (χ1) is 8.59. The first-order valence-corrected chi connectivity index (χ1v) is 5.36. The molecule has 0 saturated heterocycles. The Hall–Kier alpha value is -2.34. The maximum atomic E-state index is 10.4. The van der Waals surface area contributed by atoms with E-state index in [0.717, 1.165) is 5.56 Å². The first-order valence-electron chi connectivity index (χ1n) is 5.36. The molecule has 1 heterocycles. The van der Waals surface area contributed by atoms with E-state index in [1.165, 1.54) is 4.79 Å². The van der Waals surface area contributed by atoms with Gasteiger partial charge in [-0.3, -0.25) is 4.79 Å². The lowest BCUT2D eigenvalue weighted by Gasteiger charge is -2.04. The van der Waals surface area contributed by atoms with E-state index in [4.69, 9.17) is 16.7 Å². The topological polar surface area (TPSA) is 107 Å². The van der Waals surface area contributed by atoms with Gasteiger partial charge in [0.15, 0.2) is 0 Å². The van der Waals surface area contributed by atoms with Crippen molar-refractivity contribution in [3.05, 3.63) is 54.4 Å². The second kappa shape index (κ2) is 7.08. The summed E-state index contributed by atoms with van der Waals surface area (Å²) in [4.78, 5) is 11.6. The van der Waals surface area contributed by atoms with Gasteiger partial charge in [-0.1, -0.05) is 30.3 Å². The lowest BCUT2D eigenvalue weighted by atomic mass is 10.1. The van der Waals surface area contributed by atoms with Crippen molar-refractivity contribution in [1.82, 2.24) is 9.89 Å². The summed E-state index contributed by atoms with van der Waals surface area (Å²) in [5.41, 5.74) is 6.30. The Bertz CT molecular complexity index is 456. The number of carbonyl (C=O) groups is 1. The molecule has 1 unspecified atom stereocenters. The summed E-state index contributed by atoms with van der Waals surface area (Å²) in [6, 6.07) is 10.3. The van der Waals surface area contributed by atoms with Crippen molar-refractivity contribution in [1.29, 1.82) is 0 Å². The maximum Gasteiger partial charge on any atom is 0.320 e. The molecule has 0 aliphatic carbocycles. The quantitative estimate of drug-likeness (QED) is 0.674. The number of rotatable bonds is 3. The van der Waals surface area contributed by atoms with Crippen molar-refractivity contribution in [3.8, 4) is 0 Å². The summed E-state index contributed by atoms with van der Waals surface area (Å²) in [6.45, 7) is 0. The SMILES string of the molecule is NC(Cc1ccccc1)C(=O)O.Nn1cccn1. The number of hydrogen-bond donors (Lipinski definition) is 3. The number of aliphatic carboxylic acids is 1. The normalized spacial score (nSPS) is 11.2. The fourth-order valence-corrected chi connectivity index (χ4v) is 1.24. The number of hydrogen-bond acceptors (Lipinski definition) is 4. The number of nitrogens with zero attached hydrogens (tertiary/aromatic N) is 2. The fraction of sp³-hybridized carbons (Fsp3) is 0.167. The van der Waals surface area contributed by atoms with Gasteiger partial charge in [0.1, 0.15) is 6.04 Å². The van der Waals surface area contributed by atoms with Crippen LogP contribution in [0.15, 0.2) is 48.8 Å². The van der Waals surface area contributed by atoms with Gasteiger partial charge in [0.05, 0.1) is 6.20 Å². The largest absolute Gasteiger partial charge is 0.480 e. The van der Waals surface area contributed by atoms with Gasteiger partial charge in [0, 0.05) is 6.20 Å². The Morgan fingerprint density at radius 3 is 2.39 bits per heavy atom. The summed E-state index contributed by atoms with van der Waals surface area (Å²) < 4.78 is 0. The Labute approximate surface area is 105 Å². The van der Waals surface area contributed by atoms with Gasteiger partial charge >= 0.3 is 5.97 Å². The molecule has 0 amide bonds. The minimum atomic E-state index is -0.959. The van der Waals surface area contributed by atoms with Gasteiger partial charge < -0.3 is 16.7 Å². The number of carboxylic acid groups (broad SMARTS) is 1. The van der Waals surface area contributed by atoms with Gasteiger partial charge in [0.25, 0.3) is 0 Å². The highest BCUT2D eigenvalue weighted by Crippen LogP contribution is 2.01. The summed E-state index contributed by atoms with van der Waals surface area (Å²) in [5, 5.41) is 12.1. The van der Waals surface area contributed by atoms with Crippen molar-refractivity contribution in [2.75, 3.05) is 5.84 Å². The van der Waals surface area contributed by atoms with Gasteiger partial charge in [-0.2, -0.15) is 9.89 Å². The minimum Gasteiger partial charge on any atom is -0.480 e. The van der Waals surface area contributed by atoms with E-state index in [2.05, 4.69) is 5.10 Å². The van der Waals surface area contributed by atoms with Crippen LogP contribution in [0.4, 0.5) is 0 Å². The maximum absolute atomic E-state index is 10.4. The average Bonchev–Trinajstić information content (AvgIpc) is 2.82. The molecule has 1 atom stereocenters. The van der Waals surface area contributed by atoms with Crippen LogP contribution in [-0.4, -0.2) is 27.0 Å². The standard InChI is InChI=1S/C9H11NO2.C3H5N3/c10-8(9(11)12)6-7-4-2-1-3-5-7;4-6-3-1-2-5-6/h1-5,8H,6,10H2,(H,11,12);1-3H,4H2. The van der Waals surface area contributed by atoms with E-state index in [9.17, 15) is 4.79 Å². The van der Waals surface area contributed by atoms with Gasteiger partial charge in [-0.15, -0.1) is 0 Å². The molecule has 18 heavy (non-hydrogen) atoms. The van der Waals surface area contributed by atoms with Crippen LogP contribution in [0.5, 0.6) is 0 Å². The highest BCUT2D eigenvalue weighted by molar-refractivity contribution is 5.73. The predicted molar refractivity (Wildman–Crippen MR) is 68.1 cm³/mol. The number of carboxylic acids is 1. The smallest absolute Gasteiger partial charge is 0.320 e. The Morgan fingerprint density at radius 2 is 2.00 bits per heavy atom. The third-order valence-electron chi connectivity index (χ3n) is 2.14. The van der Waals surface area contributed by atoms with Crippen molar-refractivity contribution < 1.29 is 9.90 Å². The molecule has 0 bridgehead atoms. The molecule has 2 rings (SSSR count). The summed E-state index contributed by atoms with van der Waals surface area (Å²) in [7, 11) is 0. The highest BCUT2D eigenvalue weighted by atomic mass is 16.4. The Kier molecular flexibility index (Phi) is 5.40. The van der Waals surface area contributed by atoms with Gasteiger partial charge in [-0.05, 0) is 18.1 Å². The molecule has 96 valence electrons. The highest BCUT2D eigenvalue weighted by Gasteiger charge is 2.10. The second-order valence-electron chi connectivity index (χ2n) is 3.62. The lowest BCUT2D eigenvalue weighted by Crippen LogP contribution is -2.32. The molecule has 6 heteroatoms. The fourth-order valence-electron chi connectivity index (χ4n) is 1.24. The monoisotopic (exact) mass is 248 g/mol. The van der Waals surface area contributed by atoms with Crippen molar-refractivity contribution >= 4 is 5.97 Å². The van der Waals surface area contributed by atoms with Crippen LogP contribution in [0.2, 0.25) is 0 Å². The van der Waals surface area contributed by atoms with Crippen LogP contribution in [0.25, 0.3) is 0 Å². The third kappa shape index (κ3) is 5.13. The summed E-state index contributed by atoms with van der Waals surface area (Å²) in [5.74, 6) is 4.12. The number of nitrogen functional groups attached to an aromatic ring is 1. The molecular weight excluding hydrogens is 232 g/mol. The number of aromatic nitrogens is 2. The summed E-state index contributed by atoms with van der Waals surface area (Å²) >= 11 is 0. The van der Waals surface area contributed by atoms with E-state index in [0.29, 0.717) is 6.42 Å². The van der Waals surface area contributed by atoms with Crippen LogP contribution < -0.4 is 11.6 Å². The van der Waals surface area contributed by atoms with Crippen LogP contribution >= 0.6 is 0 Å². The van der Waals surface area contributed by atoms with Gasteiger partial charge in [-0.25, -0.2) is 0 Å². The van der Waals surface area contributed by atoms with Crippen molar-refractivity contribution in [3.63, 3.8) is 0 Å². The van der Waals surface area contributed by atoms with Crippen molar-refractivity contribution in [2.45, 2.75) is 12.5 Å². The molecule has 1 aromatic carbocycles. The molecule has 2 aromatic rings. The zero-order valence-electron chi connectivity index (χ0n) is 9.81. The van der Waals surface area contributed by atoms with Crippen LogP contribution in [0, 0.1) is 0 Å². The molecule has 0 saturated carbocycles. The van der Waals surface area contributed by atoms with E-state index in [1.807, 2.05) is 30.3 Å². The van der Waals surface area contributed by atoms with E-state index in [-0.39, 0.29) is 0 Å². The molecule has 0 spiro atoms. The molecule has 0 aliphatic heterocycles. The number of nitrogens with two attached hydrogens (primary N) is 2. The molecular formula is C12H16N4O2. The van der Waals surface area contributed by atoms with E-state index < -0.39 is 12.0 Å². The van der Waals surface area contributed by atoms with E-state index in [1.54, 1.807) is 18.5 Å². The molecule has 0 aliphatic rings. The van der Waals surface area contributed by atoms with Crippen molar-refractivity contribution in [2.24, 2.45) is 5.73 Å². The molecule has 5 N–H and O–H groups in total. The molecule has 0 radical (unpaired) electrons. The Morgan fingerprint density at radius 1 is 1.33 bits per heavy atom. The molecule has 0 fully saturated rings. The van der Waals surface area contributed by atoms with Crippen LogP contribution in [0.1, 0.15) is 5.56 Å². The number of benzene rings is 1. The Balaban J connectivity index is 0.000000225. The first kappa shape index (κ1) is 13.7. The zero-order valence-corrected chi connectivity index (χ0v) is 9.81.